The second-order valence-electron chi connectivity index (χ2n) is 6.72. The molecule has 29 heavy (non-hydrogen) atoms. The topological polar surface area (TPSA) is 48.1 Å². The summed E-state index contributed by atoms with van der Waals surface area (Å²) in [4.78, 5) is 5.52. The van der Waals surface area contributed by atoms with E-state index < -0.39 is 0 Å². The van der Waals surface area contributed by atoms with Crippen LogP contribution in [-0.4, -0.2) is 37.3 Å². The zero-order valence-electron chi connectivity index (χ0n) is 16.1. The molecule has 1 aromatic heterocycles. The molecule has 0 saturated carbocycles. The second kappa shape index (κ2) is 9.15. The zero-order valence-corrected chi connectivity index (χ0v) is 16.9. The normalized spacial score (nSPS) is 17.3. The molecule has 1 atom stereocenters. The fourth-order valence-electron chi connectivity index (χ4n) is 3.15. The smallest absolute Gasteiger partial charge is 0.206 e. The first kappa shape index (κ1) is 19.5. The van der Waals surface area contributed by atoms with E-state index in [-0.39, 0.29) is 11.9 Å². The predicted molar refractivity (Wildman–Crippen MR) is 113 cm³/mol. The Morgan fingerprint density at radius 1 is 1.28 bits per heavy atom. The molecule has 1 aliphatic heterocycles. The average molecular weight is 412 g/mol. The number of hydrogen-bond donors (Lipinski definition) is 0. The van der Waals surface area contributed by atoms with Gasteiger partial charge in [0.15, 0.2) is 0 Å². The highest BCUT2D eigenvalue weighted by atomic mass is 32.1. The van der Waals surface area contributed by atoms with Crippen LogP contribution < -0.4 is 9.54 Å². The second-order valence-corrected chi connectivity index (χ2v) is 7.56. The van der Waals surface area contributed by atoms with Crippen molar-refractivity contribution in [1.29, 1.82) is 0 Å². The molecule has 0 spiro atoms. The Morgan fingerprint density at radius 3 is 2.90 bits per heavy atom. The lowest BCUT2D eigenvalue weighted by molar-refractivity contribution is 0.117. The monoisotopic (exact) mass is 411 g/mol. The van der Waals surface area contributed by atoms with Gasteiger partial charge in [0.1, 0.15) is 11.6 Å². The third-order valence-electron chi connectivity index (χ3n) is 4.70. The summed E-state index contributed by atoms with van der Waals surface area (Å²) >= 11 is 1.51. The molecule has 0 N–H and O–H groups in total. The van der Waals surface area contributed by atoms with Gasteiger partial charge < -0.3 is 9.47 Å². The third kappa shape index (κ3) is 4.81. The fourth-order valence-corrected chi connectivity index (χ4v) is 4.00. The molecule has 2 aromatic carbocycles. The number of thiazole rings is 1. The predicted octanol–water partition coefficient (Wildman–Crippen LogP) is 4.33. The number of hydrogen-bond acceptors (Lipinski definition) is 5. The fraction of sp³-hybridized carbons (Fsp3) is 0.273. The van der Waals surface area contributed by atoms with Crippen LogP contribution in [0.1, 0.15) is 18.4 Å². The molecule has 1 saturated heterocycles. The van der Waals surface area contributed by atoms with Gasteiger partial charge in [-0.2, -0.15) is 5.10 Å². The van der Waals surface area contributed by atoms with Gasteiger partial charge in [0.05, 0.1) is 31.7 Å². The quantitative estimate of drug-likeness (QED) is 0.567. The van der Waals surface area contributed by atoms with Gasteiger partial charge in [0.25, 0.3) is 0 Å². The van der Waals surface area contributed by atoms with Crippen LogP contribution in [0.3, 0.4) is 0 Å². The van der Waals surface area contributed by atoms with Gasteiger partial charge in [0.2, 0.25) is 4.80 Å². The molecule has 1 aliphatic rings. The standard InChI is InChI=1S/C22H22FN3O2S/c1-27-19-5-2-4-16(12-19)13-25-26-21(17-7-9-18(23)10-8-17)15-29-22(26)24-14-20-6-3-11-28-20/h2,4-5,7-10,12-13,15,20H,3,6,11,14H2,1H3/b24-22?,25-13-/t20-/m0/s1. The molecule has 4 rings (SSSR count). The van der Waals surface area contributed by atoms with Crippen LogP contribution in [0.25, 0.3) is 11.3 Å². The highest BCUT2D eigenvalue weighted by Crippen LogP contribution is 2.21. The van der Waals surface area contributed by atoms with E-state index in [9.17, 15) is 4.39 Å². The van der Waals surface area contributed by atoms with E-state index in [1.165, 1.54) is 23.5 Å². The Kier molecular flexibility index (Phi) is 6.17. The molecule has 0 unspecified atom stereocenters. The SMILES string of the molecule is COc1cccc(/C=N\n2c(-c3ccc(F)cc3)csc2=NC[C@@H]2CCCO2)c1. The van der Waals surface area contributed by atoms with Gasteiger partial charge in [-0.3, -0.25) is 4.99 Å². The van der Waals surface area contributed by atoms with E-state index in [0.717, 1.165) is 46.8 Å². The minimum atomic E-state index is -0.265. The van der Waals surface area contributed by atoms with Crippen LogP contribution in [0.5, 0.6) is 5.75 Å². The van der Waals surface area contributed by atoms with Crippen molar-refractivity contribution in [2.75, 3.05) is 20.3 Å². The Morgan fingerprint density at radius 2 is 2.14 bits per heavy atom. The van der Waals surface area contributed by atoms with Crippen LogP contribution in [0.2, 0.25) is 0 Å². The lowest BCUT2D eigenvalue weighted by Gasteiger charge is -2.06. The van der Waals surface area contributed by atoms with Gasteiger partial charge in [-0.15, -0.1) is 11.3 Å². The van der Waals surface area contributed by atoms with Crippen molar-refractivity contribution in [1.82, 2.24) is 4.68 Å². The molecule has 3 aromatic rings. The maximum Gasteiger partial charge on any atom is 0.206 e. The van der Waals surface area contributed by atoms with Crippen LogP contribution in [0.15, 0.2) is 64.0 Å². The number of aromatic nitrogens is 1. The first-order chi connectivity index (χ1) is 14.2. The number of ether oxygens (including phenoxy) is 2. The van der Waals surface area contributed by atoms with E-state index in [4.69, 9.17) is 14.5 Å². The number of methoxy groups -OCH3 is 1. The van der Waals surface area contributed by atoms with Gasteiger partial charge >= 0.3 is 0 Å². The van der Waals surface area contributed by atoms with E-state index >= 15 is 0 Å². The number of nitrogens with zero attached hydrogens (tertiary/aromatic N) is 3. The molecular formula is C22H22FN3O2S. The van der Waals surface area contributed by atoms with Crippen LogP contribution in [0, 0.1) is 5.82 Å². The Bertz CT molecular complexity index is 1050. The molecule has 0 aliphatic carbocycles. The molecule has 0 amide bonds. The summed E-state index contributed by atoms with van der Waals surface area (Å²) in [6.45, 7) is 1.41. The van der Waals surface area contributed by atoms with Crippen LogP contribution in [-0.2, 0) is 4.74 Å². The van der Waals surface area contributed by atoms with Crippen molar-refractivity contribution in [3.63, 3.8) is 0 Å². The summed E-state index contributed by atoms with van der Waals surface area (Å²) < 4.78 is 26.1. The van der Waals surface area contributed by atoms with Gasteiger partial charge in [-0.05, 0) is 54.8 Å². The average Bonchev–Trinajstić information content (AvgIpc) is 3.41. The van der Waals surface area contributed by atoms with E-state index in [1.54, 1.807) is 30.1 Å². The minimum absolute atomic E-state index is 0.169. The van der Waals surface area contributed by atoms with Gasteiger partial charge in [-0.1, -0.05) is 12.1 Å². The highest BCUT2D eigenvalue weighted by molar-refractivity contribution is 7.07. The Hall–Kier alpha value is -2.77. The van der Waals surface area contributed by atoms with Crippen molar-refractivity contribution in [2.45, 2.75) is 18.9 Å². The molecule has 0 radical (unpaired) electrons. The van der Waals surface area contributed by atoms with Crippen LogP contribution >= 0.6 is 11.3 Å². The maximum absolute atomic E-state index is 13.4. The third-order valence-corrected chi connectivity index (χ3v) is 5.55. The molecule has 5 nitrogen and oxygen atoms in total. The zero-order chi connectivity index (χ0) is 20.1. The van der Waals surface area contributed by atoms with Crippen molar-refractivity contribution in [3.8, 4) is 17.0 Å². The first-order valence-electron chi connectivity index (χ1n) is 9.50. The summed E-state index contributed by atoms with van der Waals surface area (Å²) in [5, 5.41) is 6.66. The van der Waals surface area contributed by atoms with Crippen molar-refractivity contribution in [2.24, 2.45) is 10.1 Å². The lowest BCUT2D eigenvalue weighted by atomic mass is 10.2. The maximum atomic E-state index is 13.4. The Balaban J connectivity index is 1.71. The molecule has 2 heterocycles. The molecule has 0 bridgehead atoms. The van der Waals surface area contributed by atoms with Gasteiger partial charge in [0, 0.05) is 17.6 Å². The highest BCUT2D eigenvalue weighted by Gasteiger charge is 2.15. The lowest BCUT2D eigenvalue weighted by Crippen LogP contribution is -2.17. The number of halogens is 1. The number of rotatable bonds is 6. The minimum Gasteiger partial charge on any atom is -0.497 e. The summed E-state index contributed by atoms with van der Waals surface area (Å²) in [5.41, 5.74) is 2.66. The Labute approximate surface area is 172 Å². The van der Waals surface area contributed by atoms with Gasteiger partial charge in [-0.25, -0.2) is 9.07 Å². The first-order valence-corrected chi connectivity index (χ1v) is 10.4. The molecular weight excluding hydrogens is 389 g/mol. The van der Waals surface area contributed by atoms with Crippen molar-refractivity contribution in [3.05, 3.63) is 70.1 Å². The van der Waals surface area contributed by atoms with E-state index in [1.807, 2.05) is 29.6 Å². The summed E-state index contributed by atoms with van der Waals surface area (Å²) in [7, 11) is 1.64. The summed E-state index contributed by atoms with van der Waals surface area (Å²) in [6, 6.07) is 14.1. The molecule has 150 valence electrons. The van der Waals surface area contributed by atoms with Crippen molar-refractivity contribution >= 4 is 17.6 Å². The number of benzene rings is 2. The van der Waals surface area contributed by atoms with E-state index in [0.29, 0.717) is 6.54 Å². The summed E-state index contributed by atoms with van der Waals surface area (Å²) in [5.74, 6) is 0.505. The summed E-state index contributed by atoms with van der Waals surface area (Å²) in [6.07, 6.45) is 4.06. The molecule has 7 heteroatoms. The van der Waals surface area contributed by atoms with Crippen LogP contribution in [0.4, 0.5) is 4.39 Å². The van der Waals surface area contributed by atoms with E-state index in [2.05, 4.69) is 5.10 Å². The molecule has 1 fully saturated rings. The largest absolute Gasteiger partial charge is 0.497 e. The van der Waals surface area contributed by atoms with Crippen molar-refractivity contribution < 1.29 is 13.9 Å².